The van der Waals surface area contributed by atoms with Gasteiger partial charge in [0.15, 0.2) is 0 Å². The van der Waals surface area contributed by atoms with Crippen LogP contribution in [0.3, 0.4) is 0 Å². The zero-order valence-corrected chi connectivity index (χ0v) is 9.73. The van der Waals surface area contributed by atoms with E-state index in [0.29, 0.717) is 11.1 Å². The van der Waals surface area contributed by atoms with E-state index < -0.39 is 17.7 Å². The Balaban J connectivity index is 2.69. The molecule has 0 saturated carbocycles. The van der Waals surface area contributed by atoms with Crippen LogP contribution >= 0.6 is 0 Å². The lowest BCUT2D eigenvalue weighted by atomic mass is 10.1. The van der Waals surface area contributed by atoms with Crippen LogP contribution < -0.4 is 5.73 Å². The van der Waals surface area contributed by atoms with E-state index in [1.165, 1.54) is 6.07 Å². The average molecular weight is 251 g/mol. The van der Waals surface area contributed by atoms with E-state index in [2.05, 4.69) is 0 Å². The van der Waals surface area contributed by atoms with Crippen LogP contribution in [0.15, 0.2) is 24.3 Å². The summed E-state index contributed by atoms with van der Waals surface area (Å²) in [5, 5.41) is 8.51. The number of halogens is 1. The fourth-order valence-corrected chi connectivity index (χ4v) is 1.42. The Morgan fingerprint density at radius 2 is 2.11 bits per heavy atom. The first kappa shape index (κ1) is 13.9. The molecule has 1 amide bonds. The smallest absolute Gasteiger partial charge is 0.303 e. The Bertz CT molecular complexity index is 483. The summed E-state index contributed by atoms with van der Waals surface area (Å²) in [6.45, 7) is 0. The SMILES string of the molecule is NC(=O)CC=Cc1ccc(CCC(=O)O)c(F)c1. The van der Waals surface area contributed by atoms with Crippen LogP contribution in [-0.4, -0.2) is 17.0 Å². The van der Waals surface area contributed by atoms with E-state index in [1.807, 2.05) is 0 Å². The monoisotopic (exact) mass is 251 g/mol. The summed E-state index contributed by atoms with van der Waals surface area (Å²) in [5.41, 5.74) is 5.93. The van der Waals surface area contributed by atoms with Crippen molar-refractivity contribution in [3.8, 4) is 0 Å². The van der Waals surface area contributed by atoms with Crippen molar-refractivity contribution in [1.29, 1.82) is 0 Å². The minimum Gasteiger partial charge on any atom is -0.481 e. The molecule has 0 aliphatic heterocycles. The number of carboxylic acid groups (broad SMARTS) is 1. The molecule has 1 aromatic carbocycles. The summed E-state index contributed by atoms with van der Waals surface area (Å²) in [4.78, 5) is 20.9. The average Bonchev–Trinajstić information content (AvgIpc) is 2.27. The van der Waals surface area contributed by atoms with Gasteiger partial charge < -0.3 is 10.8 Å². The molecule has 0 saturated heterocycles. The van der Waals surface area contributed by atoms with Gasteiger partial charge in [0, 0.05) is 12.8 Å². The summed E-state index contributed by atoms with van der Waals surface area (Å²) >= 11 is 0. The van der Waals surface area contributed by atoms with Gasteiger partial charge in [-0.25, -0.2) is 4.39 Å². The molecule has 0 aliphatic carbocycles. The summed E-state index contributed by atoms with van der Waals surface area (Å²) in [7, 11) is 0. The van der Waals surface area contributed by atoms with Gasteiger partial charge in [0.2, 0.25) is 5.91 Å². The second kappa shape index (κ2) is 6.54. The highest BCUT2D eigenvalue weighted by Gasteiger charge is 2.05. The quantitative estimate of drug-likeness (QED) is 0.808. The third-order valence-corrected chi connectivity index (χ3v) is 2.31. The Kier molecular flexibility index (Phi) is 5.05. The lowest BCUT2D eigenvalue weighted by Gasteiger charge is -2.02. The van der Waals surface area contributed by atoms with E-state index in [-0.39, 0.29) is 19.3 Å². The molecule has 0 spiro atoms. The van der Waals surface area contributed by atoms with Crippen molar-refractivity contribution in [3.63, 3.8) is 0 Å². The fraction of sp³-hybridized carbons (Fsp3) is 0.231. The highest BCUT2D eigenvalue weighted by atomic mass is 19.1. The van der Waals surface area contributed by atoms with Crippen LogP contribution in [0.5, 0.6) is 0 Å². The van der Waals surface area contributed by atoms with Crippen LogP contribution in [0, 0.1) is 5.82 Å². The highest BCUT2D eigenvalue weighted by Crippen LogP contribution is 2.13. The molecule has 96 valence electrons. The van der Waals surface area contributed by atoms with Gasteiger partial charge in [-0.15, -0.1) is 0 Å². The highest BCUT2D eigenvalue weighted by molar-refractivity contribution is 5.76. The number of carbonyl (C=O) groups excluding carboxylic acids is 1. The van der Waals surface area contributed by atoms with Crippen LogP contribution in [0.4, 0.5) is 4.39 Å². The molecular formula is C13H14FNO3. The first-order chi connectivity index (χ1) is 8.49. The standard InChI is InChI=1S/C13H14FNO3/c14-11-8-9(2-1-3-12(15)16)4-5-10(11)6-7-13(17)18/h1-2,4-5,8H,3,6-7H2,(H2,15,16)(H,17,18). The number of hydrogen-bond donors (Lipinski definition) is 2. The third-order valence-electron chi connectivity index (χ3n) is 2.31. The van der Waals surface area contributed by atoms with Crippen molar-refractivity contribution in [2.24, 2.45) is 5.73 Å². The maximum Gasteiger partial charge on any atom is 0.303 e. The zero-order chi connectivity index (χ0) is 13.5. The van der Waals surface area contributed by atoms with Gasteiger partial charge >= 0.3 is 5.97 Å². The first-order valence-electron chi connectivity index (χ1n) is 5.44. The Labute approximate surface area is 104 Å². The van der Waals surface area contributed by atoms with E-state index in [4.69, 9.17) is 10.8 Å². The van der Waals surface area contributed by atoms with E-state index in [9.17, 15) is 14.0 Å². The molecule has 1 rings (SSSR count). The number of amides is 1. The summed E-state index contributed by atoms with van der Waals surface area (Å²) in [6.07, 6.45) is 3.30. The number of aliphatic carboxylic acids is 1. The number of hydrogen-bond acceptors (Lipinski definition) is 2. The van der Waals surface area contributed by atoms with Gasteiger partial charge in [-0.05, 0) is 23.6 Å². The number of carboxylic acids is 1. The van der Waals surface area contributed by atoms with Crippen molar-refractivity contribution in [2.45, 2.75) is 19.3 Å². The Hall–Kier alpha value is -2.17. The van der Waals surface area contributed by atoms with Crippen molar-refractivity contribution >= 4 is 18.0 Å². The minimum absolute atomic E-state index is 0.0996. The van der Waals surface area contributed by atoms with Gasteiger partial charge in [-0.1, -0.05) is 24.3 Å². The first-order valence-corrected chi connectivity index (χ1v) is 5.44. The van der Waals surface area contributed by atoms with Gasteiger partial charge in [0.25, 0.3) is 0 Å². The molecule has 18 heavy (non-hydrogen) atoms. The molecule has 0 heterocycles. The molecule has 0 atom stereocenters. The molecule has 0 fully saturated rings. The van der Waals surface area contributed by atoms with Crippen LogP contribution in [0.25, 0.3) is 6.08 Å². The lowest BCUT2D eigenvalue weighted by molar-refractivity contribution is -0.137. The van der Waals surface area contributed by atoms with Gasteiger partial charge in [0.1, 0.15) is 5.82 Å². The minimum atomic E-state index is -0.958. The number of aryl methyl sites for hydroxylation is 1. The largest absolute Gasteiger partial charge is 0.481 e. The van der Waals surface area contributed by atoms with E-state index >= 15 is 0 Å². The maximum absolute atomic E-state index is 13.6. The normalized spacial score (nSPS) is 10.7. The van der Waals surface area contributed by atoms with Crippen molar-refractivity contribution in [2.75, 3.05) is 0 Å². The number of nitrogens with two attached hydrogens (primary N) is 1. The fourth-order valence-electron chi connectivity index (χ4n) is 1.42. The predicted octanol–water partition coefficient (Wildman–Crippen LogP) is 1.73. The van der Waals surface area contributed by atoms with Crippen LogP contribution in [0.2, 0.25) is 0 Å². The maximum atomic E-state index is 13.6. The second-order valence-corrected chi connectivity index (χ2v) is 3.82. The molecule has 5 heteroatoms. The molecule has 1 aromatic rings. The third kappa shape index (κ3) is 4.78. The molecular weight excluding hydrogens is 237 g/mol. The summed E-state index contributed by atoms with van der Waals surface area (Å²) in [5.74, 6) is -1.86. The Morgan fingerprint density at radius 3 is 2.67 bits per heavy atom. The topological polar surface area (TPSA) is 80.4 Å². The molecule has 0 aromatic heterocycles. The Morgan fingerprint density at radius 1 is 1.39 bits per heavy atom. The van der Waals surface area contributed by atoms with E-state index in [1.54, 1.807) is 24.3 Å². The van der Waals surface area contributed by atoms with Gasteiger partial charge in [0.05, 0.1) is 0 Å². The second-order valence-electron chi connectivity index (χ2n) is 3.82. The van der Waals surface area contributed by atoms with E-state index in [0.717, 1.165) is 0 Å². The van der Waals surface area contributed by atoms with Crippen molar-refractivity contribution < 1.29 is 19.1 Å². The van der Waals surface area contributed by atoms with Crippen molar-refractivity contribution in [3.05, 3.63) is 41.2 Å². The van der Waals surface area contributed by atoms with Crippen molar-refractivity contribution in [1.82, 2.24) is 0 Å². The van der Waals surface area contributed by atoms with Crippen LogP contribution in [-0.2, 0) is 16.0 Å². The number of rotatable bonds is 6. The summed E-state index contributed by atoms with van der Waals surface area (Å²) in [6, 6.07) is 4.51. The number of benzene rings is 1. The number of primary amides is 1. The van der Waals surface area contributed by atoms with Crippen LogP contribution in [0.1, 0.15) is 24.0 Å². The molecule has 0 unspecified atom stereocenters. The summed E-state index contributed by atoms with van der Waals surface area (Å²) < 4.78 is 13.6. The molecule has 0 bridgehead atoms. The zero-order valence-electron chi connectivity index (χ0n) is 9.73. The number of carbonyl (C=O) groups is 2. The predicted molar refractivity (Wildman–Crippen MR) is 65.2 cm³/mol. The molecule has 3 N–H and O–H groups in total. The molecule has 0 aliphatic rings. The van der Waals surface area contributed by atoms with Gasteiger partial charge in [-0.3, -0.25) is 9.59 Å². The molecule has 0 radical (unpaired) electrons. The molecule has 4 nitrogen and oxygen atoms in total. The lowest BCUT2D eigenvalue weighted by Crippen LogP contribution is -2.07. The van der Waals surface area contributed by atoms with Gasteiger partial charge in [-0.2, -0.15) is 0 Å².